The fraction of sp³-hybridized carbons (Fsp3) is 0.240. The number of pyridine rings is 1. The summed E-state index contributed by atoms with van der Waals surface area (Å²) in [7, 11) is 3.38. The van der Waals surface area contributed by atoms with Crippen LogP contribution in [0.3, 0.4) is 0 Å². The monoisotopic (exact) mass is 522 g/mol. The Morgan fingerprint density at radius 1 is 1.22 bits per heavy atom. The van der Waals surface area contributed by atoms with E-state index in [9.17, 15) is 14.7 Å². The van der Waals surface area contributed by atoms with E-state index in [-0.39, 0.29) is 18.4 Å². The number of nitrogens with zero attached hydrogens (tertiary/aromatic N) is 5. The lowest BCUT2D eigenvalue weighted by atomic mass is 9.95. The van der Waals surface area contributed by atoms with Gasteiger partial charge < -0.3 is 15.3 Å². The van der Waals surface area contributed by atoms with Crippen LogP contribution in [0.1, 0.15) is 34.2 Å². The van der Waals surface area contributed by atoms with Crippen molar-refractivity contribution in [2.24, 2.45) is 0 Å². The summed E-state index contributed by atoms with van der Waals surface area (Å²) in [6.45, 7) is 1.31. The molecular weight excluding hydrogens is 500 g/mol. The second-order valence-electron chi connectivity index (χ2n) is 8.63. The van der Waals surface area contributed by atoms with E-state index >= 15 is 0 Å². The van der Waals surface area contributed by atoms with E-state index < -0.39 is 0 Å². The first kappa shape index (κ1) is 24.1. The van der Waals surface area contributed by atoms with Gasteiger partial charge in [-0.2, -0.15) is 5.10 Å². The van der Waals surface area contributed by atoms with Crippen LogP contribution in [-0.2, 0) is 24.2 Å². The van der Waals surface area contributed by atoms with E-state index in [0.717, 1.165) is 33.1 Å². The van der Waals surface area contributed by atoms with E-state index in [1.807, 2.05) is 6.07 Å². The number of nitrogens with one attached hydrogen (secondary N) is 1. The number of anilines is 1. The Labute approximate surface area is 216 Å². The predicted octanol–water partition coefficient (Wildman–Crippen LogP) is 3.96. The Bertz CT molecular complexity index is 1490. The van der Waals surface area contributed by atoms with Crippen LogP contribution in [0, 0.1) is 0 Å². The molecule has 36 heavy (non-hydrogen) atoms. The normalized spacial score (nSPS) is 12.1. The lowest BCUT2D eigenvalue weighted by Crippen LogP contribution is -2.21. The van der Waals surface area contributed by atoms with Gasteiger partial charge in [-0.1, -0.05) is 22.9 Å². The Kier molecular flexibility index (Phi) is 6.33. The van der Waals surface area contributed by atoms with Crippen molar-refractivity contribution in [3.05, 3.63) is 64.1 Å². The molecule has 2 N–H and O–H groups in total. The molecule has 0 bridgehead atoms. The van der Waals surface area contributed by atoms with Gasteiger partial charge in [-0.15, -0.1) is 0 Å². The van der Waals surface area contributed by atoms with E-state index in [1.54, 1.807) is 49.2 Å². The Hall–Kier alpha value is -3.60. The zero-order chi connectivity index (χ0) is 25.6. The number of hydrogen-bond acceptors (Lipinski definition) is 7. The van der Waals surface area contributed by atoms with Crippen molar-refractivity contribution in [3.63, 3.8) is 0 Å². The number of amides is 2. The van der Waals surface area contributed by atoms with Crippen LogP contribution in [0.15, 0.2) is 36.5 Å². The summed E-state index contributed by atoms with van der Waals surface area (Å²) in [5.41, 5.74) is 5.99. The second kappa shape index (κ2) is 9.45. The first-order valence-electron chi connectivity index (χ1n) is 11.2. The number of benzene rings is 1. The zero-order valence-electron chi connectivity index (χ0n) is 19.9. The van der Waals surface area contributed by atoms with Gasteiger partial charge in [0.1, 0.15) is 0 Å². The van der Waals surface area contributed by atoms with E-state index in [0.29, 0.717) is 39.9 Å². The van der Waals surface area contributed by atoms with Gasteiger partial charge in [0.15, 0.2) is 5.13 Å². The number of hydrogen-bond donors (Lipinski definition) is 2. The number of rotatable bonds is 5. The number of halogens is 1. The Morgan fingerprint density at radius 3 is 2.67 bits per heavy atom. The smallest absolute Gasteiger partial charge is 0.253 e. The molecule has 0 atom stereocenters. The number of thiazole rings is 1. The lowest BCUT2D eigenvalue weighted by Gasteiger charge is -2.16. The SMILES string of the molecule is CC(=O)Nc1nc2c(s1)-c1c(c(-c3ccc(CO)nc3)nn1-c1ccc(C(=O)N(C)C)cc1Cl)CC2. The van der Waals surface area contributed by atoms with Gasteiger partial charge in [0.2, 0.25) is 5.91 Å². The maximum absolute atomic E-state index is 12.5. The van der Waals surface area contributed by atoms with Gasteiger partial charge in [0, 0.05) is 43.9 Å². The van der Waals surface area contributed by atoms with Crippen LogP contribution in [0.4, 0.5) is 5.13 Å². The van der Waals surface area contributed by atoms with Crippen molar-refractivity contribution in [2.75, 3.05) is 19.4 Å². The highest BCUT2D eigenvalue weighted by Gasteiger charge is 2.30. The maximum atomic E-state index is 12.5. The summed E-state index contributed by atoms with van der Waals surface area (Å²) in [4.78, 5) is 35.5. The summed E-state index contributed by atoms with van der Waals surface area (Å²) < 4.78 is 1.78. The third-order valence-corrected chi connectivity index (χ3v) is 7.20. The molecule has 9 nitrogen and oxygen atoms in total. The van der Waals surface area contributed by atoms with Gasteiger partial charge in [-0.25, -0.2) is 9.67 Å². The molecule has 1 aliphatic rings. The third kappa shape index (κ3) is 4.27. The number of fused-ring (bicyclic) bond motifs is 3. The number of aromatic nitrogens is 4. The molecule has 3 heterocycles. The fourth-order valence-corrected chi connectivity index (χ4v) is 5.58. The van der Waals surface area contributed by atoms with Crippen molar-refractivity contribution in [3.8, 4) is 27.5 Å². The van der Waals surface area contributed by atoms with Gasteiger partial charge in [-0.3, -0.25) is 14.6 Å². The minimum atomic E-state index is -0.185. The van der Waals surface area contributed by atoms with Crippen molar-refractivity contribution < 1.29 is 14.7 Å². The van der Waals surface area contributed by atoms with Crippen molar-refractivity contribution >= 4 is 39.9 Å². The third-order valence-electron chi connectivity index (χ3n) is 5.88. The van der Waals surface area contributed by atoms with Crippen LogP contribution >= 0.6 is 22.9 Å². The molecule has 0 saturated heterocycles. The van der Waals surface area contributed by atoms with Crippen molar-refractivity contribution in [2.45, 2.75) is 26.4 Å². The lowest BCUT2D eigenvalue weighted by molar-refractivity contribution is -0.114. The van der Waals surface area contributed by atoms with Gasteiger partial charge >= 0.3 is 0 Å². The zero-order valence-corrected chi connectivity index (χ0v) is 21.4. The summed E-state index contributed by atoms with van der Waals surface area (Å²) in [5.74, 6) is -0.332. The van der Waals surface area contributed by atoms with Crippen molar-refractivity contribution in [1.29, 1.82) is 0 Å². The maximum Gasteiger partial charge on any atom is 0.253 e. The molecule has 4 aromatic rings. The van der Waals surface area contributed by atoms with Gasteiger partial charge in [0.05, 0.1) is 45.0 Å². The van der Waals surface area contributed by atoms with Gasteiger partial charge in [0.25, 0.3) is 5.91 Å². The standard InChI is InChI=1S/C25H23ClN6O3S/c1-13(34)28-25-29-19-8-7-17-21(15-4-6-16(12-33)27-11-15)30-32(22(17)23(19)36-25)20-9-5-14(10-18(20)26)24(35)31(2)3/h4-6,9-11,33H,7-8,12H2,1-3H3,(H,28,29,34). The number of carbonyl (C=O) groups excluding carboxylic acids is 2. The Balaban J connectivity index is 1.70. The quantitative estimate of drug-likeness (QED) is 0.410. The fourth-order valence-electron chi connectivity index (χ4n) is 4.21. The van der Waals surface area contributed by atoms with Crippen molar-refractivity contribution in [1.82, 2.24) is 24.6 Å². The van der Waals surface area contributed by atoms with Gasteiger partial charge in [-0.05, 0) is 43.2 Å². The summed E-state index contributed by atoms with van der Waals surface area (Å²) in [6.07, 6.45) is 3.09. The molecule has 0 radical (unpaired) electrons. The van der Waals surface area contributed by atoms with Crippen LogP contribution in [-0.4, -0.2) is 55.7 Å². The highest BCUT2D eigenvalue weighted by atomic mass is 35.5. The molecule has 1 aromatic carbocycles. The topological polar surface area (TPSA) is 113 Å². The van der Waals surface area contributed by atoms with E-state index in [2.05, 4.69) is 15.3 Å². The van der Waals surface area contributed by atoms with Crippen LogP contribution in [0.25, 0.3) is 27.5 Å². The number of aryl methyl sites for hydroxylation is 1. The van der Waals surface area contributed by atoms with E-state index in [4.69, 9.17) is 16.7 Å². The number of aliphatic hydroxyl groups excluding tert-OH is 1. The van der Waals surface area contributed by atoms with Crippen LogP contribution in [0.2, 0.25) is 5.02 Å². The molecule has 0 fully saturated rings. The molecule has 0 aliphatic heterocycles. The molecule has 184 valence electrons. The summed E-state index contributed by atoms with van der Waals surface area (Å²) >= 11 is 8.10. The molecule has 5 rings (SSSR count). The molecular formula is C25H23ClN6O3S. The first-order valence-corrected chi connectivity index (χ1v) is 12.4. The largest absolute Gasteiger partial charge is 0.390 e. The highest BCUT2D eigenvalue weighted by molar-refractivity contribution is 7.19. The van der Waals surface area contributed by atoms with Crippen LogP contribution in [0.5, 0.6) is 0 Å². The molecule has 1 aliphatic carbocycles. The average Bonchev–Trinajstić information content (AvgIpc) is 3.44. The molecule has 3 aromatic heterocycles. The summed E-state index contributed by atoms with van der Waals surface area (Å²) in [6, 6.07) is 8.81. The second-order valence-corrected chi connectivity index (χ2v) is 10.0. The minimum Gasteiger partial charge on any atom is -0.390 e. The minimum absolute atomic E-state index is 0.142. The first-order chi connectivity index (χ1) is 17.3. The average molecular weight is 523 g/mol. The molecule has 0 saturated carbocycles. The van der Waals surface area contributed by atoms with E-state index in [1.165, 1.54) is 23.2 Å². The molecule has 2 amide bonds. The van der Waals surface area contributed by atoms with Crippen LogP contribution < -0.4 is 5.32 Å². The number of carbonyl (C=O) groups is 2. The summed E-state index contributed by atoms with van der Waals surface area (Å²) in [5, 5.41) is 18.0. The highest BCUT2D eigenvalue weighted by Crippen LogP contribution is 2.44. The number of aliphatic hydroxyl groups is 1. The predicted molar refractivity (Wildman–Crippen MR) is 139 cm³/mol. The molecule has 11 heteroatoms. The molecule has 0 spiro atoms. The molecule has 0 unspecified atom stereocenters. The Morgan fingerprint density at radius 2 is 2.03 bits per heavy atom.